The minimum Gasteiger partial charge on any atom is -0.397 e. The van der Waals surface area contributed by atoms with Crippen molar-refractivity contribution in [3.63, 3.8) is 0 Å². The minimum atomic E-state index is -0.544. The summed E-state index contributed by atoms with van der Waals surface area (Å²) in [5.74, 6) is -0.428. The zero-order valence-electron chi connectivity index (χ0n) is 17.4. The predicted octanol–water partition coefficient (Wildman–Crippen LogP) is 1.10. The van der Waals surface area contributed by atoms with Crippen molar-refractivity contribution in [2.45, 2.75) is 12.8 Å². The largest absolute Gasteiger partial charge is 0.397 e. The average molecular weight is 447 g/mol. The Labute approximate surface area is 183 Å². The highest BCUT2D eigenvalue weighted by atomic mass is 32.1. The van der Waals surface area contributed by atoms with Crippen molar-refractivity contribution < 1.29 is 19.1 Å². The summed E-state index contributed by atoms with van der Waals surface area (Å²) in [6, 6.07) is 1.64. The van der Waals surface area contributed by atoms with E-state index in [-0.39, 0.29) is 25.0 Å². The molecule has 2 aromatic rings. The van der Waals surface area contributed by atoms with Gasteiger partial charge in [0.2, 0.25) is 5.91 Å². The first-order valence-corrected chi connectivity index (χ1v) is 11.0. The summed E-state index contributed by atoms with van der Waals surface area (Å²) >= 11 is 1.22. The van der Waals surface area contributed by atoms with Crippen LogP contribution in [0.2, 0.25) is 0 Å². The van der Waals surface area contributed by atoms with Gasteiger partial charge in [-0.15, -0.1) is 11.3 Å². The molecular formula is C20H26N6O4S. The van der Waals surface area contributed by atoms with Gasteiger partial charge in [-0.2, -0.15) is 0 Å². The number of pyridine rings is 1. The van der Waals surface area contributed by atoms with Crippen molar-refractivity contribution in [1.29, 1.82) is 0 Å². The predicted molar refractivity (Wildman–Crippen MR) is 118 cm³/mol. The second-order valence-electron chi connectivity index (χ2n) is 7.93. The van der Waals surface area contributed by atoms with Crippen LogP contribution in [0.25, 0.3) is 10.2 Å². The van der Waals surface area contributed by atoms with E-state index < -0.39 is 5.91 Å². The molecule has 4 rings (SSSR count). The maximum Gasteiger partial charge on any atom is 0.327 e. The molecule has 0 aromatic carbocycles. The molecule has 166 valence electrons. The number of carbonyl (C=O) groups excluding carboxylic acids is 3. The number of imide groups is 1. The van der Waals surface area contributed by atoms with Crippen LogP contribution >= 0.6 is 11.3 Å². The van der Waals surface area contributed by atoms with Crippen LogP contribution in [0.3, 0.4) is 0 Å². The summed E-state index contributed by atoms with van der Waals surface area (Å²) in [5, 5.41) is 0.776. The van der Waals surface area contributed by atoms with Crippen LogP contribution in [0.1, 0.15) is 22.5 Å². The molecule has 31 heavy (non-hydrogen) atoms. The number of rotatable bonds is 7. The van der Waals surface area contributed by atoms with Crippen molar-refractivity contribution in [2.75, 3.05) is 57.1 Å². The first kappa shape index (κ1) is 21.3. The van der Waals surface area contributed by atoms with E-state index in [9.17, 15) is 14.4 Å². The van der Waals surface area contributed by atoms with Crippen molar-refractivity contribution in [3.05, 3.63) is 17.1 Å². The Morgan fingerprint density at radius 2 is 2.19 bits per heavy atom. The smallest absolute Gasteiger partial charge is 0.327 e. The molecule has 4 amide bonds. The van der Waals surface area contributed by atoms with Crippen LogP contribution in [-0.4, -0.2) is 79.1 Å². The van der Waals surface area contributed by atoms with Crippen LogP contribution in [0, 0.1) is 5.92 Å². The number of fused-ring (bicyclic) bond motifs is 1. The van der Waals surface area contributed by atoms with E-state index in [1.807, 2.05) is 6.07 Å². The van der Waals surface area contributed by atoms with Crippen molar-refractivity contribution in [2.24, 2.45) is 11.7 Å². The molecule has 0 radical (unpaired) electrons. The summed E-state index contributed by atoms with van der Waals surface area (Å²) < 4.78 is 5.81. The second-order valence-corrected chi connectivity index (χ2v) is 8.93. The number of amides is 4. The molecule has 4 heterocycles. The molecule has 11 heteroatoms. The molecule has 0 saturated carbocycles. The van der Waals surface area contributed by atoms with Crippen LogP contribution < -0.4 is 16.4 Å². The molecule has 2 aliphatic heterocycles. The van der Waals surface area contributed by atoms with Gasteiger partial charge < -0.3 is 26.0 Å². The molecule has 2 fully saturated rings. The summed E-state index contributed by atoms with van der Waals surface area (Å²) in [4.78, 5) is 45.7. The molecule has 1 atom stereocenters. The fraction of sp³-hybridized carbons (Fsp3) is 0.500. The fourth-order valence-electron chi connectivity index (χ4n) is 4.19. The van der Waals surface area contributed by atoms with E-state index >= 15 is 0 Å². The van der Waals surface area contributed by atoms with Gasteiger partial charge in [0.05, 0.1) is 36.5 Å². The van der Waals surface area contributed by atoms with E-state index in [1.54, 1.807) is 13.2 Å². The highest BCUT2D eigenvalue weighted by Gasteiger charge is 2.33. The van der Waals surface area contributed by atoms with E-state index in [2.05, 4.69) is 9.88 Å². The van der Waals surface area contributed by atoms with Crippen molar-refractivity contribution >= 4 is 50.8 Å². The number of anilines is 2. The zero-order chi connectivity index (χ0) is 22.1. The number of nitrogens with zero attached hydrogens (tertiary/aromatic N) is 4. The van der Waals surface area contributed by atoms with Gasteiger partial charge in [0.25, 0.3) is 5.91 Å². The van der Waals surface area contributed by atoms with Gasteiger partial charge in [0.15, 0.2) is 0 Å². The van der Waals surface area contributed by atoms with Gasteiger partial charge in [-0.25, -0.2) is 9.78 Å². The molecule has 2 aliphatic rings. The van der Waals surface area contributed by atoms with Crippen LogP contribution in [0.15, 0.2) is 12.3 Å². The number of primary amides is 1. The molecule has 0 aliphatic carbocycles. The van der Waals surface area contributed by atoms with Gasteiger partial charge in [-0.3, -0.25) is 14.5 Å². The monoisotopic (exact) mass is 446 g/mol. The number of carbonyl (C=O) groups is 3. The first-order chi connectivity index (χ1) is 14.9. The third-order valence-electron chi connectivity index (χ3n) is 5.73. The maximum absolute atomic E-state index is 11.9. The number of likely N-dealkylation sites (N-methyl/N-ethyl adjacent to an activating group) is 1. The van der Waals surface area contributed by atoms with Crippen LogP contribution in [-0.2, 0) is 9.53 Å². The van der Waals surface area contributed by atoms with E-state index in [4.69, 9.17) is 16.2 Å². The lowest BCUT2D eigenvalue weighted by Gasteiger charge is -2.34. The molecule has 2 aromatic heterocycles. The number of piperidine rings is 1. The lowest BCUT2D eigenvalue weighted by Crippen LogP contribution is -2.38. The van der Waals surface area contributed by atoms with Gasteiger partial charge in [-0.05, 0) is 24.8 Å². The molecule has 10 nitrogen and oxygen atoms in total. The summed E-state index contributed by atoms with van der Waals surface area (Å²) in [5.41, 5.74) is 13.0. The Balaban J connectivity index is 1.37. The van der Waals surface area contributed by atoms with Crippen molar-refractivity contribution in [3.8, 4) is 0 Å². The second kappa shape index (κ2) is 8.67. The van der Waals surface area contributed by atoms with Crippen LogP contribution in [0.4, 0.5) is 16.2 Å². The number of hydrogen-bond donors (Lipinski definition) is 2. The van der Waals surface area contributed by atoms with E-state index in [1.165, 1.54) is 21.1 Å². The molecule has 0 bridgehead atoms. The maximum atomic E-state index is 11.9. The summed E-state index contributed by atoms with van der Waals surface area (Å²) in [6.07, 6.45) is 3.75. The van der Waals surface area contributed by atoms with Gasteiger partial charge >= 0.3 is 6.03 Å². The number of nitrogen functional groups attached to an aromatic ring is 1. The third kappa shape index (κ3) is 4.15. The number of nitrogens with two attached hydrogens (primary N) is 2. The Morgan fingerprint density at radius 1 is 1.39 bits per heavy atom. The van der Waals surface area contributed by atoms with Crippen LogP contribution in [0.5, 0.6) is 0 Å². The third-order valence-corrected chi connectivity index (χ3v) is 6.86. The SMILES string of the molecule is CN1CC(=O)N(CCOCC2CCCN(c3ccnc4sc(C(N)=O)c(N)c34)C2)C1=O. The molecule has 2 saturated heterocycles. The molecular weight excluding hydrogens is 420 g/mol. The highest BCUT2D eigenvalue weighted by molar-refractivity contribution is 7.21. The van der Waals surface area contributed by atoms with E-state index in [0.29, 0.717) is 34.5 Å². The Morgan fingerprint density at radius 3 is 2.90 bits per heavy atom. The minimum absolute atomic E-state index is 0.125. The topological polar surface area (TPSA) is 135 Å². The number of hydrogen-bond acceptors (Lipinski definition) is 8. The number of aromatic nitrogens is 1. The molecule has 4 N–H and O–H groups in total. The fourth-order valence-corrected chi connectivity index (χ4v) is 5.13. The highest BCUT2D eigenvalue weighted by Crippen LogP contribution is 2.39. The van der Waals surface area contributed by atoms with Gasteiger partial charge in [-0.1, -0.05) is 0 Å². The summed E-state index contributed by atoms with van der Waals surface area (Å²) in [7, 11) is 1.61. The lowest BCUT2D eigenvalue weighted by atomic mass is 9.98. The van der Waals surface area contributed by atoms with Crippen molar-refractivity contribution in [1.82, 2.24) is 14.8 Å². The number of thiophene rings is 1. The molecule has 1 unspecified atom stereocenters. The Kier molecular flexibility index (Phi) is 5.96. The number of urea groups is 1. The number of ether oxygens (including phenoxy) is 1. The average Bonchev–Trinajstić information content (AvgIpc) is 3.22. The zero-order valence-corrected chi connectivity index (χ0v) is 18.2. The van der Waals surface area contributed by atoms with Gasteiger partial charge in [0.1, 0.15) is 16.3 Å². The Bertz CT molecular complexity index is 1020. The van der Waals surface area contributed by atoms with Gasteiger partial charge in [0, 0.05) is 26.3 Å². The lowest BCUT2D eigenvalue weighted by molar-refractivity contribution is -0.125. The molecule has 0 spiro atoms. The van der Waals surface area contributed by atoms with E-state index in [0.717, 1.165) is 37.0 Å². The Hall–Kier alpha value is -2.92. The first-order valence-electron chi connectivity index (χ1n) is 10.2. The quantitative estimate of drug-likeness (QED) is 0.480. The normalized spacial score (nSPS) is 19.6. The summed E-state index contributed by atoms with van der Waals surface area (Å²) in [6.45, 7) is 2.92. The standard InChI is InChI=1S/C20H26N6O4S/c1-24-10-14(27)26(20(24)29)7-8-30-11-12-3-2-6-25(9-12)13-4-5-23-19-15(13)16(21)17(31-19)18(22)28/h4-5,12H,2-3,6-11,21H2,1H3,(H2,22,28).